The van der Waals surface area contributed by atoms with Gasteiger partial charge in [-0.25, -0.2) is 0 Å². The van der Waals surface area contributed by atoms with Gasteiger partial charge in [-0.2, -0.15) is 0 Å². The van der Waals surface area contributed by atoms with Gasteiger partial charge in [0, 0.05) is 6.04 Å². The predicted octanol–water partition coefficient (Wildman–Crippen LogP) is 2.09. The van der Waals surface area contributed by atoms with E-state index in [0.717, 1.165) is 24.8 Å². The molecule has 1 aromatic carbocycles. The second-order valence-electron chi connectivity index (χ2n) is 5.86. The Labute approximate surface area is 118 Å². The molecule has 0 aromatic heterocycles. The summed E-state index contributed by atoms with van der Waals surface area (Å²) in [5.74, 6) is -1.03. The molecule has 106 valence electrons. The Kier molecular flexibility index (Phi) is 3.47. The molecule has 0 radical (unpaired) electrons. The summed E-state index contributed by atoms with van der Waals surface area (Å²) >= 11 is 0. The van der Waals surface area contributed by atoms with Crippen LogP contribution in [-0.4, -0.2) is 23.0 Å². The number of aryl methyl sites for hydroxylation is 1. The maximum atomic E-state index is 12.4. The first-order valence-corrected chi connectivity index (χ1v) is 7.26. The molecule has 4 nitrogen and oxygen atoms in total. The first-order chi connectivity index (χ1) is 9.65. The normalized spacial score (nSPS) is 28.1. The zero-order valence-corrected chi connectivity index (χ0v) is 11.3. The predicted molar refractivity (Wildman–Crippen MR) is 74.4 cm³/mol. The van der Waals surface area contributed by atoms with E-state index in [4.69, 9.17) is 5.11 Å². The van der Waals surface area contributed by atoms with Crippen molar-refractivity contribution in [1.82, 2.24) is 5.32 Å². The number of carbonyl (C=O) groups excluding carboxylic acids is 1. The number of hydrogen-bond acceptors (Lipinski definition) is 2. The van der Waals surface area contributed by atoms with E-state index in [1.54, 1.807) is 0 Å². The van der Waals surface area contributed by atoms with Crippen LogP contribution >= 0.6 is 0 Å². The molecule has 0 spiro atoms. The van der Waals surface area contributed by atoms with Gasteiger partial charge in [0.05, 0.1) is 11.8 Å². The second-order valence-corrected chi connectivity index (χ2v) is 5.86. The second kappa shape index (κ2) is 5.27. The molecule has 2 N–H and O–H groups in total. The van der Waals surface area contributed by atoms with Crippen molar-refractivity contribution in [2.75, 3.05) is 0 Å². The summed E-state index contributed by atoms with van der Waals surface area (Å²) in [7, 11) is 0. The number of nitrogens with one attached hydrogen (secondary N) is 1. The van der Waals surface area contributed by atoms with Crippen molar-refractivity contribution in [1.29, 1.82) is 0 Å². The Hall–Kier alpha value is -1.84. The van der Waals surface area contributed by atoms with E-state index >= 15 is 0 Å². The van der Waals surface area contributed by atoms with E-state index in [0.29, 0.717) is 12.8 Å². The molecular weight excluding hydrogens is 254 g/mol. The SMILES string of the molecule is O=C(O)C1CC(NC(=O)C2CCCc3ccccc32)C1. The van der Waals surface area contributed by atoms with E-state index in [-0.39, 0.29) is 23.8 Å². The summed E-state index contributed by atoms with van der Waals surface area (Å²) in [5.41, 5.74) is 2.42. The highest BCUT2D eigenvalue weighted by Gasteiger charge is 2.37. The van der Waals surface area contributed by atoms with Crippen molar-refractivity contribution in [3.63, 3.8) is 0 Å². The average Bonchev–Trinajstić information content (AvgIpc) is 2.41. The van der Waals surface area contributed by atoms with Crippen molar-refractivity contribution < 1.29 is 14.7 Å². The zero-order chi connectivity index (χ0) is 14.1. The molecule has 20 heavy (non-hydrogen) atoms. The summed E-state index contributed by atoms with van der Waals surface area (Å²) in [6, 6.07) is 8.17. The van der Waals surface area contributed by atoms with Crippen LogP contribution in [0.4, 0.5) is 0 Å². The largest absolute Gasteiger partial charge is 0.481 e. The van der Waals surface area contributed by atoms with Crippen molar-refractivity contribution in [2.24, 2.45) is 5.92 Å². The highest BCUT2D eigenvalue weighted by atomic mass is 16.4. The van der Waals surface area contributed by atoms with Crippen molar-refractivity contribution in [2.45, 2.75) is 44.1 Å². The lowest BCUT2D eigenvalue weighted by atomic mass is 9.78. The number of aliphatic carboxylic acids is 1. The number of fused-ring (bicyclic) bond motifs is 1. The topological polar surface area (TPSA) is 66.4 Å². The number of carbonyl (C=O) groups is 2. The molecule has 2 aliphatic rings. The highest BCUT2D eigenvalue weighted by molar-refractivity contribution is 5.85. The molecule has 1 amide bonds. The number of rotatable bonds is 3. The first-order valence-electron chi connectivity index (χ1n) is 7.26. The summed E-state index contributed by atoms with van der Waals surface area (Å²) < 4.78 is 0. The molecule has 1 aromatic rings. The van der Waals surface area contributed by atoms with Gasteiger partial charge in [0.15, 0.2) is 0 Å². The molecule has 0 saturated heterocycles. The van der Waals surface area contributed by atoms with Crippen molar-refractivity contribution in [3.8, 4) is 0 Å². The zero-order valence-electron chi connectivity index (χ0n) is 11.3. The lowest BCUT2D eigenvalue weighted by molar-refractivity contribution is -0.146. The number of benzene rings is 1. The lowest BCUT2D eigenvalue weighted by Crippen LogP contribution is -2.48. The first kappa shape index (κ1) is 13.2. The van der Waals surface area contributed by atoms with Crippen LogP contribution < -0.4 is 5.32 Å². The van der Waals surface area contributed by atoms with Gasteiger partial charge in [-0.1, -0.05) is 24.3 Å². The van der Waals surface area contributed by atoms with Gasteiger partial charge in [-0.05, 0) is 43.2 Å². The van der Waals surface area contributed by atoms with E-state index < -0.39 is 5.97 Å². The summed E-state index contributed by atoms with van der Waals surface area (Å²) in [4.78, 5) is 23.1. The quantitative estimate of drug-likeness (QED) is 0.886. The lowest BCUT2D eigenvalue weighted by Gasteiger charge is -2.35. The third-order valence-electron chi connectivity index (χ3n) is 4.52. The van der Waals surface area contributed by atoms with E-state index in [9.17, 15) is 9.59 Å². The minimum atomic E-state index is -0.751. The van der Waals surface area contributed by atoms with Gasteiger partial charge in [-0.3, -0.25) is 9.59 Å². The van der Waals surface area contributed by atoms with E-state index in [1.807, 2.05) is 18.2 Å². The van der Waals surface area contributed by atoms with Crippen LogP contribution in [0.2, 0.25) is 0 Å². The average molecular weight is 273 g/mol. The number of carboxylic acid groups (broad SMARTS) is 1. The minimum absolute atomic E-state index is 0.0395. The molecular formula is C16H19NO3. The fraction of sp³-hybridized carbons (Fsp3) is 0.500. The summed E-state index contributed by atoms with van der Waals surface area (Å²) in [5, 5.41) is 11.9. The number of carboxylic acids is 1. The standard InChI is InChI=1S/C16H19NO3/c18-15(17-12-8-11(9-12)16(19)20)14-7-3-5-10-4-1-2-6-13(10)14/h1-2,4,6,11-12,14H,3,5,7-9H2,(H,17,18)(H,19,20). The Bertz CT molecular complexity index is 534. The molecule has 3 rings (SSSR count). The van der Waals surface area contributed by atoms with Crippen LogP contribution in [0.1, 0.15) is 42.7 Å². The summed E-state index contributed by atoms with van der Waals surface area (Å²) in [6.07, 6.45) is 4.10. The van der Waals surface area contributed by atoms with Crippen molar-refractivity contribution in [3.05, 3.63) is 35.4 Å². The van der Waals surface area contributed by atoms with Crippen LogP contribution in [0.15, 0.2) is 24.3 Å². The molecule has 0 heterocycles. The fourth-order valence-corrected chi connectivity index (χ4v) is 3.27. The molecule has 4 heteroatoms. The van der Waals surface area contributed by atoms with Gasteiger partial charge in [0.1, 0.15) is 0 Å². The number of hydrogen-bond donors (Lipinski definition) is 2. The third-order valence-corrected chi connectivity index (χ3v) is 4.52. The molecule has 1 saturated carbocycles. The molecule has 2 aliphatic carbocycles. The van der Waals surface area contributed by atoms with Gasteiger partial charge in [-0.15, -0.1) is 0 Å². The number of amides is 1. The van der Waals surface area contributed by atoms with E-state index in [1.165, 1.54) is 5.56 Å². The maximum Gasteiger partial charge on any atom is 0.306 e. The van der Waals surface area contributed by atoms with Crippen molar-refractivity contribution >= 4 is 11.9 Å². The Balaban J connectivity index is 1.63. The van der Waals surface area contributed by atoms with Gasteiger partial charge in [0.25, 0.3) is 0 Å². The Morgan fingerprint density at radius 1 is 1.20 bits per heavy atom. The Morgan fingerprint density at radius 2 is 1.95 bits per heavy atom. The molecule has 0 bridgehead atoms. The maximum absolute atomic E-state index is 12.4. The minimum Gasteiger partial charge on any atom is -0.481 e. The van der Waals surface area contributed by atoms with Crippen LogP contribution in [0.25, 0.3) is 0 Å². The van der Waals surface area contributed by atoms with Gasteiger partial charge >= 0.3 is 5.97 Å². The van der Waals surface area contributed by atoms with Gasteiger partial charge < -0.3 is 10.4 Å². The van der Waals surface area contributed by atoms with Crippen LogP contribution in [0.3, 0.4) is 0 Å². The van der Waals surface area contributed by atoms with Gasteiger partial charge in [0.2, 0.25) is 5.91 Å². The Morgan fingerprint density at radius 3 is 2.70 bits per heavy atom. The van der Waals surface area contributed by atoms with E-state index in [2.05, 4.69) is 11.4 Å². The molecule has 1 atom stereocenters. The smallest absolute Gasteiger partial charge is 0.306 e. The molecule has 0 aliphatic heterocycles. The van der Waals surface area contributed by atoms with Crippen LogP contribution in [-0.2, 0) is 16.0 Å². The molecule has 1 fully saturated rings. The highest BCUT2D eigenvalue weighted by Crippen LogP contribution is 2.33. The van der Waals surface area contributed by atoms with Crippen LogP contribution in [0.5, 0.6) is 0 Å². The summed E-state index contributed by atoms with van der Waals surface area (Å²) in [6.45, 7) is 0. The third kappa shape index (κ3) is 2.42. The fourth-order valence-electron chi connectivity index (χ4n) is 3.27. The van der Waals surface area contributed by atoms with Crippen LogP contribution in [0, 0.1) is 5.92 Å². The monoisotopic (exact) mass is 273 g/mol. The molecule has 1 unspecified atom stereocenters.